The smallest absolute Gasteiger partial charge is 0.269 e. The second kappa shape index (κ2) is 11.2. The molecule has 0 spiro atoms. The Morgan fingerprint density at radius 1 is 0.765 bits per heavy atom. The molecule has 0 unspecified atom stereocenters. The molecule has 0 saturated heterocycles. The molecular formula is C23H21FN4O5S. The number of nitrogens with one attached hydrogen (secondary N) is 4. The molecule has 0 aromatic heterocycles. The monoisotopic (exact) mass is 484 g/mol. The number of hydrazine groups is 1. The molecule has 0 heterocycles. The van der Waals surface area contributed by atoms with Crippen molar-refractivity contribution in [1.29, 1.82) is 0 Å². The van der Waals surface area contributed by atoms with Gasteiger partial charge in [-0.1, -0.05) is 36.4 Å². The van der Waals surface area contributed by atoms with Gasteiger partial charge in [0.25, 0.3) is 17.7 Å². The summed E-state index contributed by atoms with van der Waals surface area (Å²) in [6.07, 6.45) is 0. The third-order valence-electron chi connectivity index (χ3n) is 4.55. The Balaban J connectivity index is 1.51. The van der Waals surface area contributed by atoms with E-state index in [1.807, 2.05) is 6.07 Å². The molecule has 3 amide bonds. The van der Waals surface area contributed by atoms with Crippen molar-refractivity contribution in [3.63, 3.8) is 0 Å². The standard InChI is InChI=1S/C23H21FN4O5S/c24-19-11-9-17(10-12-19)22(30)25-15-21(29)27-28-23(31)18-7-4-8-20(13-18)34(32,33)26-14-16-5-2-1-3-6-16/h1-13,26H,14-15H2,(H,25,30)(H,27,29)(H,28,31). The fourth-order valence-electron chi connectivity index (χ4n) is 2.77. The highest BCUT2D eigenvalue weighted by molar-refractivity contribution is 7.89. The van der Waals surface area contributed by atoms with Gasteiger partial charge < -0.3 is 5.32 Å². The second-order valence-corrected chi connectivity index (χ2v) is 8.80. The molecule has 9 nitrogen and oxygen atoms in total. The molecule has 3 aromatic rings. The summed E-state index contributed by atoms with van der Waals surface area (Å²) in [5.41, 5.74) is 5.21. The number of hydrogen-bond acceptors (Lipinski definition) is 5. The van der Waals surface area contributed by atoms with E-state index >= 15 is 0 Å². The molecule has 0 bridgehead atoms. The van der Waals surface area contributed by atoms with Crippen molar-refractivity contribution in [2.45, 2.75) is 11.4 Å². The molecule has 0 radical (unpaired) electrons. The second-order valence-electron chi connectivity index (χ2n) is 7.03. The van der Waals surface area contributed by atoms with Gasteiger partial charge in [0.15, 0.2) is 0 Å². The van der Waals surface area contributed by atoms with Crippen LogP contribution in [0.15, 0.2) is 83.8 Å². The Morgan fingerprint density at radius 2 is 1.47 bits per heavy atom. The van der Waals surface area contributed by atoms with Crippen LogP contribution in [0.4, 0.5) is 4.39 Å². The summed E-state index contributed by atoms with van der Waals surface area (Å²) in [6, 6.07) is 19.0. The van der Waals surface area contributed by atoms with E-state index in [1.54, 1.807) is 24.3 Å². The van der Waals surface area contributed by atoms with Crippen molar-refractivity contribution < 1.29 is 27.2 Å². The molecule has 0 fully saturated rings. The predicted octanol–water partition coefficient (Wildman–Crippen LogP) is 1.50. The van der Waals surface area contributed by atoms with Gasteiger partial charge in [0.05, 0.1) is 11.4 Å². The lowest BCUT2D eigenvalue weighted by Crippen LogP contribution is -2.46. The Morgan fingerprint density at radius 3 is 2.18 bits per heavy atom. The highest BCUT2D eigenvalue weighted by Crippen LogP contribution is 2.12. The number of rotatable bonds is 8. The van der Waals surface area contributed by atoms with Crippen molar-refractivity contribution in [1.82, 2.24) is 20.9 Å². The Kier molecular flexibility index (Phi) is 8.06. The van der Waals surface area contributed by atoms with Gasteiger partial charge in [-0.05, 0) is 48.0 Å². The molecule has 0 aliphatic heterocycles. The van der Waals surface area contributed by atoms with Gasteiger partial charge in [0, 0.05) is 17.7 Å². The molecule has 11 heteroatoms. The SMILES string of the molecule is O=C(CNC(=O)c1ccc(F)cc1)NNC(=O)c1cccc(S(=O)(=O)NCc2ccccc2)c1. The van der Waals surface area contributed by atoms with Crippen molar-refractivity contribution in [3.05, 3.63) is 101 Å². The molecule has 0 aliphatic carbocycles. The number of hydrogen-bond donors (Lipinski definition) is 4. The van der Waals surface area contributed by atoms with Crippen molar-refractivity contribution in [2.24, 2.45) is 0 Å². The van der Waals surface area contributed by atoms with E-state index in [-0.39, 0.29) is 22.6 Å². The zero-order valence-corrected chi connectivity index (χ0v) is 18.6. The van der Waals surface area contributed by atoms with Gasteiger partial charge in [-0.3, -0.25) is 25.2 Å². The minimum atomic E-state index is -3.88. The minimum absolute atomic E-state index is 0.00164. The van der Waals surface area contributed by atoms with E-state index in [0.29, 0.717) is 0 Å². The van der Waals surface area contributed by atoms with Crippen LogP contribution in [0.5, 0.6) is 0 Å². The third kappa shape index (κ3) is 6.95. The molecule has 0 aliphatic rings. The number of amides is 3. The van der Waals surface area contributed by atoms with E-state index in [1.165, 1.54) is 36.4 Å². The molecular weight excluding hydrogens is 463 g/mol. The first-order valence-electron chi connectivity index (χ1n) is 10.0. The quantitative estimate of drug-likeness (QED) is 0.360. The van der Waals surface area contributed by atoms with Gasteiger partial charge in [-0.25, -0.2) is 17.5 Å². The van der Waals surface area contributed by atoms with Crippen LogP contribution in [-0.4, -0.2) is 32.7 Å². The number of carbonyl (C=O) groups excluding carboxylic acids is 3. The summed E-state index contributed by atoms with van der Waals surface area (Å²) in [5, 5.41) is 2.33. The van der Waals surface area contributed by atoms with Crippen molar-refractivity contribution in [2.75, 3.05) is 6.54 Å². The van der Waals surface area contributed by atoms with E-state index in [4.69, 9.17) is 0 Å². The highest BCUT2D eigenvalue weighted by Gasteiger charge is 2.17. The zero-order chi connectivity index (χ0) is 24.6. The van der Waals surface area contributed by atoms with E-state index in [0.717, 1.165) is 17.7 Å². The molecule has 34 heavy (non-hydrogen) atoms. The van der Waals surface area contributed by atoms with Crippen LogP contribution >= 0.6 is 0 Å². The summed E-state index contributed by atoms with van der Waals surface area (Å²) in [4.78, 5) is 36.1. The van der Waals surface area contributed by atoms with Crippen LogP contribution in [0.1, 0.15) is 26.3 Å². The lowest BCUT2D eigenvalue weighted by Gasteiger charge is -2.10. The summed E-state index contributed by atoms with van der Waals surface area (Å²) in [7, 11) is -3.88. The number of sulfonamides is 1. The average molecular weight is 485 g/mol. The fourth-order valence-corrected chi connectivity index (χ4v) is 3.83. The van der Waals surface area contributed by atoms with Crippen LogP contribution in [0, 0.1) is 5.82 Å². The number of carbonyl (C=O) groups is 3. The summed E-state index contributed by atoms with van der Waals surface area (Å²) >= 11 is 0. The first-order valence-corrected chi connectivity index (χ1v) is 11.5. The number of benzene rings is 3. The van der Waals surface area contributed by atoms with Gasteiger partial charge >= 0.3 is 0 Å². The molecule has 0 atom stereocenters. The minimum Gasteiger partial charge on any atom is -0.343 e. The Labute approximate surface area is 195 Å². The average Bonchev–Trinajstić information content (AvgIpc) is 2.85. The van der Waals surface area contributed by atoms with Crippen molar-refractivity contribution in [3.8, 4) is 0 Å². The molecule has 4 N–H and O–H groups in total. The lowest BCUT2D eigenvalue weighted by molar-refractivity contribution is -0.120. The van der Waals surface area contributed by atoms with Gasteiger partial charge in [0.2, 0.25) is 10.0 Å². The lowest BCUT2D eigenvalue weighted by atomic mass is 10.2. The van der Waals surface area contributed by atoms with E-state index in [9.17, 15) is 27.2 Å². The Bertz CT molecular complexity index is 1280. The van der Waals surface area contributed by atoms with Crippen LogP contribution < -0.4 is 20.9 Å². The van der Waals surface area contributed by atoms with Crippen LogP contribution in [0.2, 0.25) is 0 Å². The molecule has 3 rings (SSSR count). The zero-order valence-electron chi connectivity index (χ0n) is 17.7. The van der Waals surface area contributed by atoms with Gasteiger partial charge in [-0.15, -0.1) is 0 Å². The maximum absolute atomic E-state index is 12.9. The summed E-state index contributed by atoms with van der Waals surface area (Å²) < 4.78 is 40.5. The summed E-state index contributed by atoms with van der Waals surface area (Å²) in [5.74, 6) is -2.57. The van der Waals surface area contributed by atoms with Crippen LogP contribution in [0.25, 0.3) is 0 Å². The summed E-state index contributed by atoms with van der Waals surface area (Å²) in [6.45, 7) is -0.367. The van der Waals surface area contributed by atoms with Crippen molar-refractivity contribution >= 4 is 27.7 Å². The topological polar surface area (TPSA) is 133 Å². The van der Waals surface area contributed by atoms with E-state index in [2.05, 4.69) is 20.9 Å². The molecule has 176 valence electrons. The molecule has 0 saturated carbocycles. The first-order chi connectivity index (χ1) is 16.2. The first kappa shape index (κ1) is 24.6. The highest BCUT2D eigenvalue weighted by atomic mass is 32.2. The van der Waals surface area contributed by atoms with Crippen LogP contribution in [-0.2, 0) is 21.4 Å². The maximum Gasteiger partial charge on any atom is 0.269 e. The number of halogens is 1. The molecule has 3 aromatic carbocycles. The van der Waals surface area contributed by atoms with Crippen LogP contribution in [0.3, 0.4) is 0 Å². The normalized spacial score (nSPS) is 10.9. The van der Waals surface area contributed by atoms with E-state index < -0.39 is 40.1 Å². The van der Waals surface area contributed by atoms with Gasteiger partial charge in [-0.2, -0.15) is 0 Å². The maximum atomic E-state index is 12.9. The fraction of sp³-hybridized carbons (Fsp3) is 0.0870. The third-order valence-corrected chi connectivity index (χ3v) is 5.95. The largest absolute Gasteiger partial charge is 0.343 e. The predicted molar refractivity (Wildman–Crippen MR) is 121 cm³/mol. The van der Waals surface area contributed by atoms with Gasteiger partial charge in [0.1, 0.15) is 5.82 Å². The Hall–Kier alpha value is -4.09.